The van der Waals surface area contributed by atoms with Crippen molar-refractivity contribution < 1.29 is 9.90 Å². The number of aliphatic hydroxyl groups is 1. The van der Waals surface area contributed by atoms with Gasteiger partial charge in [0.25, 0.3) is 0 Å². The molecule has 1 aromatic carbocycles. The van der Waals surface area contributed by atoms with E-state index in [0.717, 1.165) is 8.95 Å². The van der Waals surface area contributed by atoms with Crippen LogP contribution in [-0.4, -0.2) is 27.5 Å². The van der Waals surface area contributed by atoms with Crippen molar-refractivity contribution in [2.24, 2.45) is 0 Å². The average molecular weight is 404 g/mol. The summed E-state index contributed by atoms with van der Waals surface area (Å²) in [6.45, 7) is 0.388. The molecule has 8 heteroatoms. The van der Waals surface area contributed by atoms with Gasteiger partial charge in [-0.2, -0.15) is 5.10 Å². The SMILES string of the molecule is O=C(Nc1cnn(CCO)c1)Nc1cc(Br)ccc1Br. The summed E-state index contributed by atoms with van der Waals surface area (Å²) in [6, 6.07) is 5.12. The third-order valence-corrected chi connectivity index (χ3v) is 3.58. The number of anilines is 2. The molecule has 0 unspecified atom stereocenters. The quantitative estimate of drug-likeness (QED) is 0.733. The van der Waals surface area contributed by atoms with E-state index < -0.39 is 0 Å². The Bertz CT molecular complexity index is 615. The van der Waals surface area contributed by atoms with Crippen molar-refractivity contribution in [2.75, 3.05) is 17.2 Å². The summed E-state index contributed by atoms with van der Waals surface area (Å²) in [6.07, 6.45) is 3.16. The number of urea groups is 1. The number of aromatic nitrogens is 2. The largest absolute Gasteiger partial charge is 0.394 e. The van der Waals surface area contributed by atoms with Crippen LogP contribution in [-0.2, 0) is 6.54 Å². The molecular formula is C12H12Br2N4O2. The zero-order chi connectivity index (χ0) is 14.5. The molecule has 0 aliphatic heterocycles. The molecule has 2 amide bonds. The molecule has 20 heavy (non-hydrogen) atoms. The summed E-state index contributed by atoms with van der Waals surface area (Å²) in [7, 11) is 0. The predicted octanol–water partition coefficient (Wildman–Crippen LogP) is 3.04. The Balaban J connectivity index is 1.99. The molecule has 0 aliphatic rings. The van der Waals surface area contributed by atoms with E-state index in [1.54, 1.807) is 16.9 Å². The van der Waals surface area contributed by atoms with Crippen molar-refractivity contribution in [2.45, 2.75) is 6.54 Å². The van der Waals surface area contributed by atoms with Gasteiger partial charge in [-0.1, -0.05) is 15.9 Å². The van der Waals surface area contributed by atoms with E-state index in [1.165, 1.54) is 6.20 Å². The Morgan fingerprint density at radius 2 is 2.15 bits per heavy atom. The Hall–Kier alpha value is -1.38. The molecule has 0 radical (unpaired) electrons. The van der Waals surface area contributed by atoms with Crippen LogP contribution in [0, 0.1) is 0 Å². The lowest BCUT2D eigenvalue weighted by molar-refractivity contribution is 0.262. The van der Waals surface area contributed by atoms with E-state index in [1.807, 2.05) is 12.1 Å². The van der Waals surface area contributed by atoms with Gasteiger partial charge < -0.3 is 15.7 Å². The van der Waals surface area contributed by atoms with Crippen molar-refractivity contribution >= 4 is 49.3 Å². The number of amides is 2. The molecule has 2 rings (SSSR count). The molecule has 0 saturated carbocycles. The number of rotatable bonds is 4. The normalized spacial score (nSPS) is 10.3. The van der Waals surface area contributed by atoms with E-state index in [0.29, 0.717) is 17.9 Å². The third-order valence-electron chi connectivity index (χ3n) is 2.40. The zero-order valence-corrected chi connectivity index (χ0v) is 13.5. The molecule has 3 N–H and O–H groups in total. The first kappa shape index (κ1) is 15.0. The second-order valence-corrected chi connectivity index (χ2v) is 5.69. The van der Waals surface area contributed by atoms with Crippen molar-refractivity contribution in [1.82, 2.24) is 9.78 Å². The van der Waals surface area contributed by atoms with Gasteiger partial charge in [0.05, 0.1) is 30.7 Å². The summed E-state index contributed by atoms with van der Waals surface area (Å²) < 4.78 is 3.20. The molecule has 0 atom stereocenters. The fraction of sp³-hybridized carbons (Fsp3) is 0.167. The van der Waals surface area contributed by atoms with E-state index in [4.69, 9.17) is 5.11 Å². The second-order valence-electron chi connectivity index (χ2n) is 3.92. The number of nitrogens with zero attached hydrogens (tertiary/aromatic N) is 2. The molecule has 0 saturated heterocycles. The molecule has 0 bridgehead atoms. The first-order valence-corrected chi connectivity index (χ1v) is 7.33. The molecule has 106 valence electrons. The van der Waals surface area contributed by atoms with Gasteiger partial charge in [-0.3, -0.25) is 4.68 Å². The molecule has 1 aromatic heterocycles. The van der Waals surface area contributed by atoms with Gasteiger partial charge in [-0.15, -0.1) is 0 Å². The number of hydrogen-bond donors (Lipinski definition) is 3. The average Bonchev–Trinajstić information content (AvgIpc) is 2.81. The van der Waals surface area contributed by atoms with Crippen molar-refractivity contribution in [1.29, 1.82) is 0 Å². The highest BCUT2D eigenvalue weighted by Crippen LogP contribution is 2.26. The standard InChI is InChI=1S/C12H12Br2N4O2/c13-8-1-2-10(14)11(5-8)17-12(20)16-9-6-15-18(7-9)3-4-19/h1-2,5-7,19H,3-4H2,(H2,16,17,20). The predicted molar refractivity (Wildman–Crippen MR) is 83.8 cm³/mol. The fourth-order valence-corrected chi connectivity index (χ4v) is 2.24. The third kappa shape index (κ3) is 4.06. The second kappa shape index (κ2) is 6.87. The van der Waals surface area contributed by atoms with Gasteiger partial charge in [0, 0.05) is 15.1 Å². The van der Waals surface area contributed by atoms with Crippen molar-refractivity contribution in [3.05, 3.63) is 39.5 Å². The molecule has 0 fully saturated rings. The lowest BCUT2D eigenvalue weighted by atomic mass is 10.3. The number of aliphatic hydroxyl groups excluding tert-OH is 1. The Labute approximate surface area is 132 Å². The molecule has 0 spiro atoms. The van der Waals surface area contributed by atoms with E-state index >= 15 is 0 Å². The number of hydrogen-bond acceptors (Lipinski definition) is 3. The minimum atomic E-state index is -0.368. The van der Waals surface area contributed by atoms with Gasteiger partial charge in [0.2, 0.25) is 0 Å². The number of benzene rings is 1. The van der Waals surface area contributed by atoms with Gasteiger partial charge in [0.1, 0.15) is 0 Å². The lowest BCUT2D eigenvalue weighted by Crippen LogP contribution is -2.19. The van der Waals surface area contributed by atoms with E-state index in [2.05, 4.69) is 47.6 Å². The lowest BCUT2D eigenvalue weighted by Gasteiger charge is -2.08. The highest BCUT2D eigenvalue weighted by Gasteiger charge is 2.07. The summed E-state index contributed by atoms with van der Waals surface area (Å²) >= 11 is 6.71. The topological polar surface area (TPSA) is 79.2 Å². The summed E-state index contributed by atoms with van der Waals surface area (Å²) in [5.74, 6) is 0. The van der Waals surface area contributed by atoms with Crippen LogP contribution in [0.5, 0.6) is 0 Å². The number of carbonyl (C=O) groups excluding carboxylic acids is 1. The van der Waals surface area contributed by atoms with Crippen molar-refractivity contribution in [3.8, 4) is 0 Å². The van der Waals surface area contributed by atoms with Crippen LogP contribution in [0.4, 0.5) is 16.2 Å². The smallest absolute Gasteiger partial charge is 0.323 e. The first-order valence-electron chi connectivity index (χ1n) is 5.75. The van der Waals surface area contributed by atoms with Crippen molar-refractivity contribution in [3.63, 3.8) is 0 Å². The monoisotopic (exact) mass is 402 g/mol. The van der Waals surface area contributed by atoms with E-state index in [-0.39, 0.29) is 12.6 Å². The number of nitrogens with one attached hydrogen (secondary N) is 2. The number of halogens is 2. The minimum Gasteiger partial charge on any atom is -0.394 e. The van der Waals surface area contributed by atoms with Gasteiger partial charge >= 0.3 is 6.03 Å². The number of carbonyl (C=O) groups is 1. The highest BCUT2D eigenvalue weighted by atomic mass is 79.9. The van der Waals surface area contributed by atoms with Crippen LogP contribution in [0.2, 0.25) is 0 Å². The van der Waals surface area contributed by atoms with Crippen LogP contribution in [0.25, 0.3) is 0 Å². The van der Waals surface area contributed by atoms with Crippen LogP contribution in [0.1, 0.15) is 0 Å². The van der Waals surface area contributed by atoms with Gasteiger partial charge in [-0.25, -0.2) is 4.79 Å². The summed E-state index contributed by atoms with van der Waals surface area (Å²) in [5.41, 5.74) is 1.21. The molecule has 6 nitrogen and oxygen atoms in total. The minimum absolute atomic E-state index is 0.00168. The van der Waals surface area contributed by atoms with Gasteiger partial charge in [-0.05, 0) is 34.1 Å². The van der Waals surface area contributed by atoms with Crippen LogP contribution < -0.4 is 10.6 Å². The Kier molecular flexibility index (Phi) is 5.16. The molecular weight excluding hydrogens is 392 g/mol. The Morgan fingerprint density at radius 3 is 2.90 bits per heavy atom. The maximum Gasteiger partial charge on any atom is 0.323 e. The van der Waals surface area contributed by atoms with Crippen LogP contribution in [0.3, 0.4) is 0 Å². The zero-order valence-electron chi connectivity index (χ0n) is 10.3. The Morgan fingerprint density at radius 1 is 1.35 bits per heavy atom. The molecule has 0 aliphatic carbocycles. The maximum atomic E-state index is 11.9. The maximum absolute atomic E-state index is 11.9. The van der Waals surface area contributed by atoms with E-state index in [9.17, 15) is 4.79 Å². The fourth-order valence-electron chi connectivity index (χ4n) is 1.53. The highest BCUT2D eigenvalue weighted by molar-refractivity contribution is 9.11. The van der Waals surface area contributed by atoms with Crippen LogP contribution >= 0.6 is 31.9 Å². The van der Waals surface area contributed by atoms with Crippen LogP contribution in [0.15, 0.2) is 39.5 Å². The van der Waals surface area contributed by atoms with Gasteiger partial charge in [0.15, 0.2) is 0 Å². The summed E-state index contributed by atoms with van der Waals surface area (Å²) in [5, 5.41) is 18.2. The molecule has 1 heterocycles. The first-order chi connectivity index (χ1) is 9.58. The summed E-state index contributed by atoms with van der Waals surface area (Å²) in [4.78, 5) is 11.9. The molecule has 2 aromatic rings.